The van der Waals surface area contributed by atoms with Gasteiger partial charge in [0.2, 0.25) is 0 Å². The number of nitrogens with zero attached hydrogens (tertiary/aromatic N) is 5. The van der Waals surface area contributed by atoms with Crippen LogP contribution in [0, 0.1) is 29.6 Å². The van der Waals surface area contributed by atoms with Crippen LogP contribution >= 0.6 is 0 Å². The van der Waals surface area contributed by atoms with E-state index >= 15 is 0 Å². The smallest absolute Gasteiger partial charge is 0.157 e. The second-order valence-corrected chi connectivity index (χ2v) is 8.28. The average Bonchev–Trinajstić information content (AvgIpc) is 3.53. The monoisotopic (exact) mass is 459 g/mol. The highest BCUT2D eigenvalue weighted by Gasteiger charge is 2.27. The summed E-state index contributed by atoms with van der Waals surface area (Å²) in [6.07, 6.45) is 8.32. The molecule has 0 aliphatic heterocycles. The van der Waals surface area contributed by atoms with Gasteiger partial charge in [-0.15, -0.1) is 6.58 Å². The number of oxime groups is 1. The molecule has 0 bridgehead atoms. The molecule has 0 amide bonds. The predicted octanol–water partition coefficient (Wildman–Crippen LogP) is 4.51. The van der Waals surface area contributed by atoms with Crippen LogP contribution in [-0.4, -0.2) is 36.9 Å². The van der Waals surface area contributed by atoms with Gasteiger partial charge in [-0.2, -0.15) is 5.10 Å². The van der Waals surface area contributed by atoms with Gasteiger partial charge in [0.15, 0.2) is 5.84 Å². The van der Waals surface area contributed by atoms with Crippen molar-refractivity contribution in [2.24, 2.45) is 22.9 Å². The number of hydrogen-bond acceptors (Lipinski definition) is 5. The number of allylic oxidation sites excluding steroid dienone is 1. The van der Waals surface area contributed by atoms with Crippen molar-refractivity contribution in [1.82, 2.24) is 19.3 Å². The van der Waals surface area contributed by atoms with Gasteiger partial charge in [0.05, 0.1) is 6.54 Å². The van der Waals surface area contributed by atoms with Crippen LogP contribution < -0.4 is 0 Å². The van der Waals surface area contributed by atoms with Crippen LogP contribution in [-0.2, 0) is 11.4 Å². The van der Waals surface area contributed by atoms with Gasteiger partial charge in [-0.1, -0.05) is 49.1 Å². The molecule has 7 nitrogen and oxygen atoms in total. The molecule has 3 aromatic rings. The van der Waals surface area contributed by atoms with Crippen LogP contribution in [0.4, 0.5) is 0 Å². The molecule has 0 aliphatic rings. The average molecular weight is 460 g/mol. The lowest BCUT2D eigenvalue weighted by atomic mass is 9.83. The molecule has 178 valence electrons. The Balaban J connectivity index is 1.77. The molecule has 2 aromatic heterocycles. The van der Waals surface area contributed by atoms with Gasteiger partial charge in [-0.05, 0) is 43.5 Å². The quantitative estimate of drug-likeness (QED) is 0.168. The van der Waals surface area contributed by atoms with Crippen LogP contribution in [0.15, 0.2) is 72.9 Å². The van der Waals surface area contributed by atoms with E-state index in [1.807, 2.05) is 42.1 Å². The minimum absolute atomic E-state index is 0.0352. The second-order valence-electron chi connectivity index (χ2n) is 8.28. The largest absolute Gasteiger partial charge is 0.395 e. The third kappa shape index (κ3) is 6.24. The van der Waals surface area contributed by atoms with Crippen molar-refractivity contribution in [2.75, 3.05) is 6.61 Å². The maximum Gasteiger partial charge on any atom is 0.157 e. The van der Waals surface area contributed by atoms with E-state index in [4.69, 9.17) is 4.84 Å². The van der Waals surface area contributed by atoms with E-state index in [1.54, 1.807) is 30.1 Å². The summed E-state index contributed by atoms with van der Waals surface area (Å²) in [4.78, 5) is 9.69. The van der Waals surface area contributed by atoms with E-state index < -0.39 is 6.10 Å². The van der Waals surface area contributed by atoms with Gasteiger partial charge in [0.25, 0.3) is 0 Å². The molecule has 0 radical (unpaired) electrons. The molecule has 0 aliphatic carbocycles. The summed E-state index contributed by atoms with van der Waals surface area (Å²) >= 11 is 0. The second kappa shape index (κ2) is 12.0. The lowest BCUT2D eigenvalue weighted by Gasteiger charge is -2.26. The van der Waals surface area contributed by atoms with Crippen molar-refractivity contribution in [3.63, 3.8) is 0 Å². The van der Waals surface area contributed by atoms with E-state index in [9.17, 15) is 5.11 Å². The van der Waals surface area contributed by atoms with Crippen molar-refractivity contribution >= 4 is 5.84 Å². The number of aromatic nitrogens is 4. The van der Waals surface area contributed by atoms with E-state index in [2.05, 4.69) is 59.6 Å². The molecule has 0 saturated carbocycles. The minimum Gasteiger partial charge on any atom is -0.395 e. The van der Waals surface area contributed by atoms with Gasteiger partial charge in [0.1, 0.15) is 18.5 Å². The summed E-state index contributed by atoms with van der Waals surface area (Å²) in [6.45, 7) is 13.0. The Bertz CT molecular complexity index is 1130. The molecule has 2 heterocycles. The predicted molar refractivity (Wildman–Crippen MR) is 134 cm³/mol. The molecule has 1 N–H and O–H groups in total. The maximum absolute atomic E-state index is 10.1. The van der Waals surface area contributed by atoms with E-state index in [-0.39, 0.29) is 17.8 Å². The molecule has 4 atom stereocenters. The third-order valence-electron chi connectivity index (χ3n) is 5.83. The first-order valence-corrected chi connectivity index (χ1v) is 11.6. The van der Waals surface area contributed by atoms with Crippen LogP contribution in [0.25, 0.3) is 0 Å². The fourth-order valence-electron chi connectivity index (χ4n) is 3.69. The highest BCUT2D eigenvalue weighted by Crippen LogP contribution is 2.25. The van der Waals surface area contributed by atoms with Gasteiger partial charge >= 0.3 is 0 Å². The zero-order valence-corrected chi connectivity index (χ0v) is 20.3. The summed E-state index contributed by atoms with van der Waals surface area (Å²) in [5.74, 6) is 7.85. The molecule has 0 spiro atoms. The minimum atomic E-state index is -0.726. The Morgan fingerprint density at radius 2 is 1.97 bits per heavy atom. The van der Waals surface area contributed by atoms with Crippen molar-refractivity contribution in [2.45, 2.75) is 40.3 Å². The first-order chi connectivity index (χ1) is 16.4. The Morgan fingerprint density at radius 3 is 2.59 bits per heavy atom. The summed E-state index contributed by atoms with van der Waals surface area (Å²) in [5.41, 5.74) is 2.12. The molecular weight excluding hydrogens is 426 g/mol. The van der Waals surface area contributed by atoms with E-state index in [0.717, 1.165) is 12.1 Å². The highest BCUT2D eigenvalue weighted by molar-refractivity contribution is 5.87. The zero-order chi connectivity index (χ0) is 24.5. The number of rotatable bonds is 9. The van der Waals surface area contributed by atoms with Gasteiger partial charge in [-0.3, -0.25) is 9.25 Å². The fraction of sp³-hybridized carbons (Fsp3) is 0.370. The lowest BCUT2D eigenvalue weighted by Crippen LogP contribution is -2.30. The molecule has 0 unspecified atom stereocenters. The zero-order valence-electron chi connectivity index (χ0n) is 20.3. The standard InChI is InChI=1S/C27H33N5O2/c1-6-25(14-13-23-9-11-24(12-10-23)19-31-17-8-15-29-31)20(3)21(4)26(30-34-7-2)32-18-16-28-27(32)22(5)33/h6,8-12,15-18,20-22,25,33H,1,7,19H2,2-5H3/b30-26+/t20-,21-,22-,25-/m0/s1. The Labute approximate surface area is 201 Å². The van der Waals surface area contributed by atoms with Crippen molar-refractivity contribution in [3.8, 4) is 11.8 Å². The molecule has 34 heavy (non-hydrogen) atoms. The molecule has 7 heteroatoms. The first-order valence-electron chi connectivity index (χ1n) is 11.6. The van der Waals surface area contributed by atoms with Gasteiger partial charge in [0, 0.05) is 42.2 Å². The van der Waals surface area contributed by atoms with E-state index in [0.29, 0.717) is 18.3 Å². The number of imidazole rings is 1. The fourth-order valence-corrected chi connectivity index (χ4v) is 3.69. The summed E-state index contributed by atoms with van der Waals surface area (Å²) in [5, 5.41) is 18.7. The summed E-state index contributed by atoms with van der Waals surface area (Å²) in [6, 6.07) is 10.1. The summed E-state index contributed by atoms with van der Waals surface area (Å²) in [7, 11) is 0. The third-order valence-corrected chi connectivity index (χ3v) is 5.83. The summed E-state index contributed by atoms with van der Waals surface area (Å²) < 4.78 is 3.69. The van der Waals surface area contributed by atoms with Crippen molar-refractivity contribution < 1.29 is 9.94 Å². The Kier molecular flexibility index (Phi) is 8.83. The van der Waals surface area contributed by atoms with Crippen LogP contribution in [0.2, 0.25) is 0 Å². The van der Waals surface area contributed by atoms with Crippen molar-refractivity contribution in [1.29, 1.82) is 0 Å². The molecule has 3 rings (SSSR count). The molecular formula is C27H33N5O2. The molecule has 0 saturated heterocycles. The number of aliphatic hydroxyl groups is 1. The van der Waals surface area contributed by atoms with Crippen LogP contribution in [0.3, 0.4) is 0 Å². The maximum atomic E-state index is 10.1. The normalized spacial score (nSPS) is 15.0. The van der Waals surface area contributed by atoms with Gasteiger partial charge < -0.3 is 9.94 Å². The van der Waals surface area contributed by atoms with Crippen molar-refractivity contribution in [3.05, 3.63) is 84.7 Å². The highest BCUT2D eigenvalue weighted by atomic mass is 16.6. The first kappa shape index (κ1) is 25.0. The van der Waals surface area contributed by atoms with E-state index in [1.165, 1.54) is 5.56 Å². The van der Waals surface area contributed by atoms with Gasteiger partial charge in [-0.25, -0.2) is 4.98 Å². The van der Waals surface area contributed by atoms with Crippen LogP contribution in [0.1, 0.15) is 50.8 Å². The molecule has 1 aromatic carbocycles. The number of benzene rings is 1. The molecule has 0 fully saturated rings. The lowest BCUT2D eigenvalue weighted by molar-refractivity contribution is 0.153. The Hall–Kier alpha value is -3.63. The number of aliphatic hydroxyl groups excluding tert-OH is 1. The SMILES string of the molecule is C=C[C@@H](C#Cc1ccc(Cn2cccn2)cc1)[C@@H](C)[C@H](C)/C(=N\OCC)n1ccnc1[C@H](C)O. The Morgan fingerprint density at radius 1 is 1.21 bits per heavy atom. The number of hydrogen-bond donors (Lipinski definition) is 1. The van der Waals surface area contributed by atoms with Crippen LogP contribution in [0.5, 0.6) is 0 Å². The topological polar surface area (TPSA) is 77.5 Å².